The lowest BCUT2D eigenvalue weighted by molar-refractivity contribution is 0.229. The van der Waals surface area contributed by atoms with Gasteiger partial charge in [-0.05, 0) is 38.5 Å². The van der Waals surface area contributed by atoms with Crippen LogP contribution in [-0.2, 0) is 13.6 Å². The molecule has 152 valence electrons. The standard InChI is InChI=1S/C21H24N3O4P/c1-4-26-29(25,27-5-2)21-20(24-22-15-17-13-11-16(3)12-14-17)28-19(23-21)18-9-7-6-8-10-18/h6-15,24H,4-5H2,1-3H3/b22-15-. The molecule has 8 heteroatoms. The lowest BCUT2D eigenvalue weighted by Gasteiger charge is -2.14. The smallest absolute Gasteiger partial charge is 0.385 e. The maximum atomic E-state index is 13.3. The third-order valence-corrected chi connectivity index (χ3v) is 5.96. The van der Waals surface area contributed by atoms with Gasteiger partial charge >= 0.3 is 7.60 Å². The van der Waals surface area contributed by atoms with Gasteiger partial charge in [0.1, 0.15) is 0 Å². The van der Waals surface area contributed by atoms with Crippen molar-refractivity contribution in [2.24, 2.45) is 5.10 Å². The van der Waals surface area contributed by atoms with Crippen molar-refractivity contribution in [3.8, 4) is 11.5 Å². The molecule has 0 saturated heterocycles. The van der Waals surface area contributed by atoms with Gasteiger partial charge in [-0.15, -0.1) is 0 Å². The zero-order valence-electron chi connectivity index (χ0n) is 16.7. The monoisotopic (exact) mass is 413 g/mol. The first-order chi connectivity index (χ1) is 14.1. The van der Waals surface area contributed by atoms with Crippen LogP contribution in [0.2, 0.25) is 0 Å². The molecule has 1 N–H and O–H groups in total. The number of hydrogen-bond donors (Lipinski definition) is 1. The SMILES string of the molecule is CCOP(=O)(OCC)c1nc(-c2ccccc2)oc1N/N=C\c1ccc(C)cc1. The summed E-state index contributed by atoms with van der Waals surface area (Å²) in [6.07, 6.45) is 1.64. The van der Waals surface area contributed by atoms with Crippen molar-refractivity contribution in [3.63, 3.8) is 0 Å². The fraction of sp³-hybridized carbons (Fsp3) is 0.238. The number of oxazole rings is 1. The first-order valence-electron chi connectivity index (χ1n) is 9.37. The van der Waals surface area contributed by atoms with Crippen LogP contribution in [0, 0.1) is 6.92 Å². The molecule has 2 aromatic carbocycles. The summed E-state index contributed by atoms with van der Waals surface area (Å²) in [6.45, 7) is 5.91. The Labute approximate surface area is 170 Å². The molecule has 0 unspecified atom stereocenters. The molecule has 1 heterocycles. The fourth-order valence-electron chi connectivity index (χ4n) is 2.59. The molecule has 0 aliphatic rings. The molecule has 0 radical (unpaired) electrons. The van der Waals surface area contributed by atoms with Crippen LogP contribution in [0.1, 0.15) is 25.0 Å². The number of aromatic nitrogens is 1. The van der Waals surface area contributed by atoms with Crippen LogP contribution in [0.4, 0.5) is 5.88 Å². The van der Waals surface area contributed by atoms with Crippen molar-refractivity contribution < 1.29 is 18.0 Å². The summed E-state index contributed by atoms with van der Waals surface area (Å²) in [7, 11) is -3.67. The van der Waals surface area contributed by atoms with E-state index in [1.165, 1.54) is 0 Å². The average Bonchev–Trinajstić information content (AvgIpc) is 3.16. The molecule has 0 spiro atoms. The van der Waals surface area contributed by atoms with E-state index in [0.717, 1.165) is 16.7 Å². The topological polar surface area (TPSA) is 86.0 Å². The number of nitrogens with zero attached hydrogens (tertiary/aromatic N) is 2. The highest BCUT2D eigenvalue weighted by molar-refractivity contribution is 7.62. The van der Waals surface area contributed by atoms with Crippen LogP contribution in [0.25, 0.3) is 11.5 Å². The summed E-state index contributed by atoms with van der Waals surface area (Å²) >= 11 is 0. The summed E-state index contributed by atoms with van der Waals surface area (Å²) in [6, 6.07) is 17.2. The van der Waals surface area contributed by atoms with E-state index >= 15 is 0 Å². The Hall–Kier alpha value is -2.73. The van der Waals surface area contributed by atoms with Crippen molar-refractivity contribution in [2.75, 3.05) is 18.6 Å². The highest BCUT2D eigenvalue weighted by atomic mass is 31.2. The number of nitrogens with one attached hydrogen (secondary N) is 1. The minimum Gasteiger partial charge on any atom is -0.418 e. The highest BCUT2D eigenvalue weighted by Gasteiger charge is 2.35. The second kappa shape index (κ2) is 9.65. The highest BCUT2D eigenvalue weighted by Crippen LogP contribution is 2.49. The number of hydrazone groups is 1. The summed E-state index contributed by atoms with van der Waals surface area (Å²) in [5.41, 5.74) is 5.68. The van der Waals surface area contributed by atoms with Crippen molar-refractivity contribution >= 4 is 25.1 Å². The lowest BCUT2D eigenvalue weighted by atomic mass is 10.2. The molecule has 0 bridgehead atoms. The molecule has 0 amide bonds. The predicted molar refractivity (Wildman–Crippen MR) is 115 cm³/mol. The van der Waals surface area contributed by atoms with Crippen LogP contribution in [0.15, 0.2) is 64.1 Å². The van der Waals surface area contributed by atoms with Gasteiger partial charge < -0.3 is 13.5 Å². The van der Waals surface area contributed by atoms with Gasteiger partial charge in [-0.1, -0.05) is 48.0 Å². The summed E-state index contributed by atoms with van der Waals surface area (Å²) in [5.74, 6) is 0.422. The Morgan fingerprint density at radius 1 is 1.07 bits per heavy atom. The second-order valence-corrected chi connectivity index (χ2v) is 8.09. The molecule has 0 saturated carbocycles. The Balaban J connectivity index is 1.95. The Morgan fingerprint density at radius 3 is 2.34 bits per heavy atom. The average molecular weight is 413 g/mol. The summed E-state index contributed by atoms with van der Waals surface area (Å²) in [5, 5.41) is 4.20. The van der Waals surface area contributed by atoms with Crippen LogP contribution < -0.4 is 10.9 Å². The van der Waals surface area contributed by atoms with Crippen molar-refractivity contribution in [1.29, 1.82) is 0 Å². The van der Waals surface area contributed by atoms with E-state index in [1.54, 1.807) is 20.1 Å². The molecule has 3 aromatic rings. The van der Waals surface area contributed by atoms with E-state index in [4.69, 9.17) is 13.5 Å². The Morgan fingerprint density at radius 2 is 1.72 bits per heavy atom. The van der Waals surface area contributed by atoms with Gasteiger partial charge in [0.25, 0.3) is 0 Å². The zero-order chi connectivity index (χ0) is 20.7. The number of anilines is 1. The predicted octanol–water partition coefficient (Wildman–Crippen LogP) is 4.99. The molecular weight excluding hydrogens is 389 g/mol. The molecule has 3 rings (SSSR count). The van der Waals surface area contributed by atoms with Gasteiger partial charge in [-0.3, -0.25) is 4.57 Å². The van der Waals surface area contributed by atoms with Gasteiger partial charge in [0, 0.05) is 5.56 Å². The van der Waals surface area contributed by atoms with E-state index in [9.17, 15) is 4.57 Å². The van der Waals surface area contributed by atoms with Crippen molar-refractivity contribution in [1.82, 2.24) is 4.98 Å². The molecule has 1 aromatic heterocycles. The van der Waals surface area contributed by atoms with E-state index in [1.807, 2.05) is 61.5 Å². The van der Waals surface area contributed by atoms with Gasteiger partial charge in [0.05, 0.1) is 19.4 Å². The van der Waals surface area contributed by atoms with Gasteiger partial charge in [-0.25, -0.2) is 5.43 Å². The number of hydrogen-bond acceptors (Lipinski definition) is 7. The lowest BCUT2D eigenvalue weighted by Crippen LogP contribution is -2.15. The third-order valence-electron chi connectivity index (χ3n) is 3.94. The Kier molecular flexibility index (Phi) is 6.99. The fourth-order valence-corrected chi connectivity index (χ4v) is 4.15. The molecule has 0 aliphatic heterocycles. The molecule has 7 nitrogen and oxygen atoms in total. The summed E-state index contributed by atoms with van der Waals surface area (Å²) in [4.78, 5) is 4.41. The minimum absolute atomic E-state index is 0.0705. The first-order valence-corrected chi connectivity index (χ1v) is 10.9. The molecule has 29 heavy (non-hydrogen) atoms. The zero-order valence-corrected chi connectivity index (χ0v) is 17.6. The van der Waals surface area contributed by atoms with Gasteiger partial charge in [-0.2, -0.15) is 10.1 Å². The molecule has 0 aliphatic carbocycles. The van der Waals surface area contributed by atoms with Crippen LogP contribution in [0.5, 0.6) is 0 Å². The second-order valence-electron chi connectivity index (χ2n) is 6.15. The van der Waals surface area contributed by atoms with E-state index in [-0.39, 0.29) is 24.5 Å². The van der Waals surface area contributed by atoms with E-state index in [2.05, 4.69) is 15.5 Å². The van der Waals surface area contributed by atoms with Crippen molar-refractivity contribution in [3.05, 3.63) is 65.7 Å². The normalized spacial score (nSPS) is 11.8. The van der Waals surface area contributed by atoms with E-state index in [0.29, 0.717) is 5.89 Å². The molecule has 0 atom stereocenters. The van der Waals surface area contributed by atoms with Gasteiger partial charge in [0.2, 0.25) is 17.2 Å². The largest absolute Gasteiger partial charge is 0.418 e. The van der Waals surface area contributed by atoms with Crippen LogP contribution in [-0.4, -0.2) is 24.4 Å². The molecule has 0 fully saturated rings. The Bertz CT molecular complexity index is 991. The summed E-state index contributed by atoms with van der Waals surface area (Å²) < 4.78 is 30.0. The van der Waals surface area contributed by atoms with Crippen LogP contribution >= 0.6 is 7.60 Å². The number of aryl methyl sites for hydroxylation is 1. The van der Waals surface area contributed by atoms with Gasteiger partial charge in [0.15, 0.2) is 0 Å². The van der Waals surface area contributed by atoms with E-state index < -0.39 is 7.60 Å². The quantitative estimate of drug-likeness (QED) is 0.302. The van der Waals surface area contributed by atoms with Crippen molar-refractivity contribution in [2.45, 2.75) is 20.8 Å². The molecular formula is C21H24N3O4P. The third kappa shape index (κ3) is 5.21. The maximum Gasteiger partial charge on any atom is 0.385 e. The number of benzene rings is 2. The first kappa shape index (κ1) is 21.0. The maximum absolute atomic E-state index is 13.3. The minimum atomic E-state index is -3.67. The van der Waals surface area contributed by atoms with Crippen LogP contribution in [0.3, 0.4) is 0 Å². The number of rotatable bonds is 9.